The summed E-state index contributed by atoms with van der Waals surface area (Å²) < 4.78 is 0. The van der Waals surface area contributed by atoms with Crippen molar-refractivity contribution in [1.82, 2.24) is 4.90 Å². The molecule has 0 aromatic heterocycles. The quantitative estimate of drug-likeness (QED) is 0.494. The summed E-state index contributed by atoms with van der Waals surface area (Å²) in [5.41, 5.74) is 0.684. The summed E-state index contributed by atoms with van der Waals surface area (Å²) in [6.45, 7) is 2.52. The van der Waals surface area contributed by atoms with E-state index in [4.69, 9.17) is 0 Å². The van der Waals surface area contributed by atoms with E-state index in [0.717, 1.165) is 13.0 Å². The minimum atomic E-state index is -0.612. The van der Waals surface area contributed by atoms with E-state index in [9.17, 15) is 10.2 Å². The maximum atomic E-state index is 9.68. The number of hydrogen-bond donors (Lipinski definition) is 2. The summed E-state index contributed by atoms with van der Waals surface area (Å²) in [6, 6.07) is 23.9. The van der Waals surface area contributed by atoms with E-state index in [1.807, 2.05) is 14.0 Å². The van der Waals surface area contributed by atoms with Crippen LogP contribution in [-0.4, -0.2) is 47.5 Å². The van der Waals surface area contributed by atoms with E-state index in [0.29, 0.717) is 0 Å². The van der Waals surface area contributed by atoms with Crippen LogP contribution in [0.1, 0.15) is 12.5 Å². The van der Waals surface area contributed by atoms with Gasteiger partial charge in [0.2, 0.25) is 0 Å². The standard InChI is InChI=1S/C25H27NO2/c1-25(16-27,17-28)26(2)14-13-19-15-24-20-8-4-3-7-18(20)11-12-23(24)22-10-6-5-9-21(19)22/h3-12,15,27-28H,13-14,16-17H2,1-2H3. The zero-order chi connectivity index (χ0) is 19.7. The fourth-order valence-corrected chi connectivity index (χ4v) is 3.99. The number of fused-ring (bicyclic) bond motifs is 5. The van der Waals surface area contributed by atoms with Gasteiger partial charge in [0, 0.05) is 6.54 Å². The fraction of sp³-hybridized carbons (Fsp3) is 0.280. The van der Waals surface area contributed by atoms with Crippen LogP contribution in [0.25, 0.3) is 32.3 Å². The summed E-state index contributed by atoms with van der Waals surface area (Å²) in [6.07, 6.45) is 0.853. The molecule has 0 atom stereocenters. The van der Waals surface area contributed by atoms with Crippen molar-refractivity contribution < 1.29 is 10.2 Å². The molecule has 0 aliphatic carbocycles. The molecule has 0 fully saturated rings. The Hall–Kier alpha value is -2.46. The van der Waals surface area contributed by atoms with E-state index < -0.39 is 5.54 Å². The first kappa shape index (κ1) is 18.9. The van der Waals surface area contributed by atoms with Crippen LogP contribution in [0.4, 0.5) is 0 Å². The number of aliphatic hydroxyl groups is 2. The Morgan fingerprint density at radius 2 is 1.36 bits per heavy atom. The smallest absolute Gasteiger partial charge is 0.0642 e. The Labute approximate surface area is 165 Å². The number of hydrogen-bond acceptors (Lipinski definition) is 3. The van der Waals surface area contributed by atoms with Gasteiger partial charge in [-0.15, -0.1) is 0 Å². The van der Waals surface area contributed by atoms with Crippen molar-refractivity contribution in [2.24, 2.45) is 0 Å². The summed E-state index contributed by atoms with van der Waals surface area (Å²) in [5, 5.41) is 27.0. The average Bonchev–Trinajstić information content (AvgIpc) is 2.76. The lowest BCUT2D eigenvalue weighted by atomic mass is 9.92. The lowest BCUT2D eigenvalue weighted by molar-refractivity contribution is 0.0162. The summed E-state index contributed by atoms with van der Waals surface area (Å²) in [4.78, 5) is 2.05. The second-order valence-electron chi connectivity index (χ2n) is 7.95. The van der Waals surface area contributed by atoms with Crippen LogP contribution in [0.5, 0.6) is 0 Å². The fourth-order valence-electron chi connectivity index (χ4n) is 3.99. The highest BCUT2D eigenvalue weighted by atomic mass is 16.3. The maximum Gasteiger partial charge on any atom is 0.0642 e. The molecule has 144 valence electrons. The van der Waals surface area contributed by atoms with Gasteiger partial charge in [-0.05, 0) is 64.3 Å². The minimum absolute atomic E-state index is 0.0664. The molecule has 3 nitrogen and oxygen atoms in total. The maximum absolute atomic E-state index is 9.68. The molecular formula is C25H27NO2. The van der Waals surface area contributed by atoms with Crippen molar-refractivity contribution in [3.63, 3.8) is 0 Å². The molecule has 4 rings (SSSR count). The number of benzene rings is 4. The third kappa shape index (κ3) is 3.16. The van der Waals surface area contributed by atoms with Gasteiger partial charge in [0.1, 0.15) is 0 Å². The van der Waals surface area contributed by atoms with Gasteiger partial charge in [0.05, 0.1) is 18.8 Å². The molecule has 0 aliphatic heterocycles. The Bertz CT molecular complexity index is 1130. The summed E-state index contributed by atoms with van der Waals surface area (Å²) in [7, 11) is 1.96. The van der Waals surface area contributed by atoms with Crippen molar-refractivity contribution in [2.75, 3.05) is 26.8 Å². The third-order valence-corrected chi connectivity index (χ3v) is 6.17. The van der Waals surface area contributed by atoms with Gasteiger partial charge < -0.3 is 10.2 Å². The molecule has 0 radical (unpaired) electrons. The Morgan fingerprint density at radius 3 is 2.07 bits per heavy atom. The van der Waals surface area contributed by atoms with Crippen LogP contribution < -0.4 is 0 Å². The molecule has 0 heterocycles. The van der Waals surface area contributed by atoms with Crippen molar-refractivity contribution in [3.8, 4) is 0 Å². The predicted octanol–water partition coefficient (Wildman–Crippen LogP) is 4.36. The highest BCUT2D eigenvalue weighted by molar-refractivity contribution is 6.18. The number of nitrogens with zero attached hydrogens (tertiary/aromatic N) is 1. The first-order valence-corrected chi connectivity index (χ1v) is 9.82. The largest absolute Gasteiger partial charge is 0.394 e. The van der Waals surface area contributed by atoms with Crippen molar-refractivity contribution in [1.29, 1.82) is 0 Å². The molecule has 4 aromatic rings. The lowest BCUT2D eigenvalue weighted by Crippen LogP contribution is -2.50. The Balaban J connectivity index is 1.84. The Morgan fingerprint density at radius 1 is 0.750 bits per heavy atom. The summed E-state index contributed by atoms with van der Waals surface area (Å²) in [5.74, 6) is 0. The van der Waals surface area contributed by atoms with Gasteiger partial charge in [-0.1, -0.05) is 60.7 Å². The van der Waals surface area contributed by atoms with Gasteiger partial charge in [0.15, 0.2) is 0 Å². The van der Waals surface area contributed by atoms with Crippen molar-refractivity contribution in [2.45, 2.75) is 18.9 Å². The molecule has 4 aromatic carbocycles. The van der Waals surface area contributed by atoms with Gasteiger partial charge >= 0.3 is 0 Å². The zero-order valence-electron chi connectivity index (χ0n) is 16.5. The molecule has 0 aliphatic rings. The average molecular weight is 373 g/mol. The van der Waals surface area contributed by atoms with E-state index in [1.54, 1.807) is 0 Å². The SMILES string of the molecule is CN(CCc1cc2c3ccccc3ccc2c2ccccc12)C(C)(CO)CO. The molecule has 0 saturated heterocycles. The van der Waals surface area contributed by atoms with Crippen molar-refractivity contribution >= 4 is 32.3 Å². The Kier molecular flexibility index (Phi) is 5.07. The minimum Gasteiger partial charge on any atom is -0.394 e. The normalized spacial score (nSPS) is 12.5. The zero-order valence-corrected chi connectivity index (χ0v) is 16.5. The van der Waals surface area contributed by atoms with E-state index in [1.165, 1.54) is 37.9 Å². The lowest BCUT2D eigenvalue weighted by Gasteiger charge is -2.35. The molecule has 3 heteroatoms. The monoisotopic (exact) mass is 373 g/mol. The highest BCUT2D eigenvalue weighted by Crippen LogP contribution is 2.34. The van der Waals surface area contributed by atoms with E-state index in [2.05, 4.69) is 71.6 Å². The molecule has 0 saturated carbocycles. The number of likely N-dealkylation sites (N-methyl/N-ethyl adjacent to an activating group) is 1. The van der Waals surface area contributed by atoms with Gasteiger partial charge in [-0.3, -0.25) is 4.90 Å². The van der Waals surface area contributed by atoms with Gasteiger partial charge in [-0.25, -0.2) is 0 Å². The topological polar surface area (TPSA) is 43.7 Å². The molecule has 28 heavy (non-hydrogen) atoms. The molecule has 0 amide bonds. The van der Waals surface area contributed by atoms with Crippen molar-refractivity contribution in [3.05, 3.63) is 72.3 Å². The van der Waals surface area contributed by atoms with Crippen LogP contribution in [0, 0.1) is 0 Å². The number of aliphatic hydroxyl groups excluding tert-OH is 2. The first-order valence-electron chi connectivity index (χ1n) is 9.82. The molecule has 2 N–H and O–H groups in total. The molecule has 0 spiro atoms. The van der Waals surface area contributed by atoms with Crippen LogP contribution in [0.2, 0.25) is 0 Å². The summed E-state index contributed by atoms with van der Waals surface area (Å²) >= 11 is 0. The number of rotatable bonds is 6. The van der Waals surface area contributed by atoms with E-state index >= 15 is 0 Å². The van der Waals surface area contributed by atoms with Crippen LogP contribution >= 0.6 is 0 Å². The van der Waals surface area contributed by atoms with Crippen LogP contribution in [0.15, 0.2) is 66.7 Å². The van der Waals surface area contributed by atoms with Crippen LogP contribution in [-0.2, 0) is 6.42 Å². The predicted molar refractivity (Wildman–Crippen MR) is 118 cm³/mol. The van der Waals surface area contributed by atoms with Gasteiger partial charge in [0.25, 0.3) is 0 Å². The third-order valence-electron chi connectivity index (χ3n) is 6.17. The molecular weight excluding hydrogens is 346 g/mol. The van der Waals surface area contributed by atoms with Crippen LogP contribution in [0.3, 0.4) is 0 Å². The van der Waals surface area contributed by atoms with Gasteiger partial charge in [-0.2, -0.15) is 0 Å². The second kappa shape index (κ2) is 7.51. The highest BCUT2D eigenvalue weighted by Gasteiger charge is 2.27. The second-order valence-corrected chi connectivity index (χ2v) is 7.95. The van der Waals surface area contributed by atoms with E-state index in [-0.39, 0.29) is 13.2 Å². The first-order chi connectivity index (χ1) is 13.6. The molecule has 0 bridgehead atoms. The molecule has 0 unspecified atom stereocenters.